The molecule has 1 amide bonds. The quantitative estimate of drug-likeness (QED) is 0.139. The lowest BCUT2D eigenvalue weighted by molar-refractivity contribution is -0.317. The molecule has 0 aliphatic carbocycles. The summed E-state index contributed by atoms with van der Waals surface area (Å²) in [5, 5.41) is 49.1. The minimum Gasteiger partial charge on any atom is -0.467 e. The Morgan fingerprint density at radius 2 is 1.60 bits per heavy atom. The molecule has 0 unspecified atom stereocenters. The topological polar surface area (TPSA) is 242 Å². The number of ether oxygens (including phenoxy) is 8. The van der Waals surface area contributed by atoms with Gasteiger partial charge in [0, 0.05) is 44.7 Å². The molecule has 5 N–H and O–H groups in total. The first kappa shape index (κ1) is 57.1. The molecule has 3 fully saturated rings. The van der Waals surface area contributed by atoms with Crippen LogP contribution in [0.1, 0.15) is 102 Å². The molecule has 0 spiro atoms. The second kappa shape index (κ2) is 23.9. The zero-order chi connectivity index (χ0) is 49.5. The third-order valence-corrected chi connectivity index (χ3v) is 14.5. The maximum absolute atomic E-state index is 14.5. The second-order valence-electron chi connectivity index (χ2n) is 19.6. The van der Waals surface area contributed by atoms with Gasteiger partial charge in [0.05, 0.1) is 54.7 Å². The molecule has 20 heteroatoms. The zero-order valence-corrected chi connectivity index (χ0v) is 42.3. The number of aliphatic hydroxyl groups excluding tert-OH is 2. The summed E-state index contributed by atoms with van der Waals surface area (Å²) in [4.78, 5) is 56.2. The SMILES string of the molecule is CC[C@H]1OC(=O)[C@H](C)[C@@H](O[C@H]2C[C@@](C)(OC)[C@@H](O)[C@H](C)O2)[C@H](C)[C@@H](O[C@@H]2O[C@H](C)C[C@H](N(C)C)[C@H]2OC(=O)SC[C@H](NC(C)=O)C(=O)OC)[C@](C)(O)C[C@@H](C)CN(C)[C@H](C)[C@@H](O)[C@]1(C)O. The first-order valence-corrected chi connectivity index (χ1v) is 23.8. The molecule has 0 bridgehead atoms. The van der Waals surface area contributed by atoms with E-state index in [1.165, 1.54) is 28.1 Å². The summed E-state index contributed by atoms with van der Waals surface area (Å²) in [5.74, 6) is -4.44. The number of hydrogen-bond acceptors (Lipinski definition) is 19. The number of methoxy groups -OCH3 is 2. The standard InChI is InChI=1S/C45H81N3O16S/c1-17-32-45(11,56)36(50)27(6)48(14)21-23(2)19-43(9,55)38(25(4)34(26(5)39(52)61-32)62-33-20-44(10,58-16)37(51)28(7)60-33)64-41-35(31(47(12)13)18-24(3)59-41)63-42(54)65-22-30(40(53)57-15)46-29(8)49/h23-28,30-38,41,50-51,55-56H,17-22H2,1-16H3,(H,46,49)/t23-,24-,25+,26-,27-,28+,30+,31+,32-,33+,34+,35-,36-,37+,38-,41+,43-,44-,45-/m1/s1. The van der Waals surface area contributed by atoms with Crippen LogP contribution in [-0.2, 0) is 52.3 Å². The van der Waals surface area contributed by atoms with Gasteiger partial charge in [-0.15, -0.1) is 0 Å². The fourth-order valence-electron chi connectivity index (χ4n) is 9.70. The van der Waals surface area contributed by atoms with Gasteiger partial charge in [-0.3, -0.25) is 9.59 Å². The molecule has 19 nitrogen and oxygen atoms in total. The van der Waals surface area contributed by atoms with Crippen LogP contribution in [0.2, 0.25) is 0 Å². The van der Waals surface area contributed by atoms with Crippen molar-refractivity contribution in [2.24, 2.45) is 17.8 Å². The van der Waals surface area contributed by atoms with Crippen molar-refractivity contribution in [2.75, 3.05) is 47.7 Å². The average molecular weight is 952 g/mol. The van der Waals surface area contributed by atoms with E-state index in [4.69, 9.17) is 37.9 Å². The van der Waals surface area contributed by atoms with Crippen LogP contribution in [-0.4, -0.2) is 197 Å². The number of likely N-dealkylation sites (N-methyl/N-ethyl adjacent to an activating group) is 2. The fraction of sp³-hybridized carbons (Fsp3) is 0.911. The van der Waals surface area contributed by atoms with Crippen LogP contribution in [0.3, 0.4) is 0 Å². The van der Waals surface area contributed by atoms with Crippen molar-refractivity contribution in [3.8, 4) is 0 Å². The highest BCUT2D eigenvalue weighted by molar-refractivity contribution is 8.13. The van der Waals surface area contributed by atoms with Crippen LogP contribution in [0, 0.1) is 17.8 Å². The van der Waals surface area contributed by atoms with Crippen molar-refractivity contribution in [1.29, 1.82) is 0 Å². The number of hydrogen-bond donors (Lipinski definition) is 5. The lowest BCUT2D eigenvalue weighted by Gasteiger charge is -2.49. The third-order valence-electron chi connectivity index (χ3n) is 13.6. The van der Waals surface area contributed by atoms with Crippen molar-refractivity contribution in [3.63, 3.8) is 0 Å². The molecule has 65 heavy (non-hydrogen) atoms. The third kappa shape index (κ3) is 14.4. The summed E-state index contributed by atoms with van der Waals surface area (Å²) in [6.45, 7) is 18.8. The van der Waals surface area contributed by atoms with E-state index >= 15 is 0 Å². The number of amides is 1. The van der Waals surface area contributed by atoms with Crippen LogP contribution >= 0.6 is 11.8 Å². The first-order chi connectivity index (χ1) is 30.0. The second-order valence-corrected chi connectivity index (χ2v) is 20.5. The number of nitrogens with zero attached hydrogens (tertiary/aromatic N) is 2. The van der Waals surface area contributed by atoms with E-state index in [0.29, 0.717) is 24.7 Å². The maximum Gasteiger partial charge on any atom is 0.367 e. The number of cyclic esters (lactones) is 1. The Hall–Kier alpha value is -2.21. The van der Waals surface area contributed by atoms with Gasteiger partial charge in [0.25, 0.3) is 0 Å². The monoisotopic (exact) mass is 952 g/mol. The Morgan fingerprint density at radius 3 is 2.15 bits per heavy atom. The molecule has 0 aromatic carbocycles. The van der Waals surface area contributed by atoms with Gasteiger partial charge in [-0.1, -0.05) is 20.8 Å². The van der Waals surface area contributed by atoms with E-state index in [-0.39, 0.29) is 30.9 Å². The molecule has 3 saturated heterocycles. The first-order valence-electron chi connectivity index (χ1n) is 22.8. The Balaban J connectivity index is 2.21. The molecule has 0 radical (unpaired) electrons. The molecule has 3 rings (SSSR count). The van der Waals surface area contributed by atoms with Gasteiger partial charge in [0.2, 0.25) is 5.91 Å². The van der Waals surface area contributed by atoms with Gasteiger partial charge in [-0.05, 0) is 107 Å². The number of carbonyl (C=O) groups excluding carboxylic acids is 4. The fourth-order valence-corrected chi connectivity index (χ4v) is 10.4. The van der Waals surface area contributed by atoms with E-state index < -0.39 is 131 Å². The summed E-state index contributed by atoms with van der Waals surface area (Å²) >= 11 is 0.663. The van der Waals surface area contributed by atoms with Gasteiger partial charge in [0.1, 0.15) is 30.0 Å². The van der Waals surface area contributed by atoms with E-state index in [2.05, 4.69) is 5.32 Å². The molecular weight excluding hydrogens is 871 g/mol. The van der Waals surface area contributed by atoms with Gasteiger partial charge in [0.15, 0.2) is 18.7 Å². The van der Waals surface area contributed by atoms with Crippen molar-refractivity contribution in [3.05, 3.63) is 0 Å². The van der Waals surface area contributed by atoms with Gasteiger partial charge in [-0.2, -0.15) is 0 Å². The van der Waals surface area contributed by atoms with Crippen LogP contribution in [0.4, 0.5) is 4.79 Å². The molecular formula is C45H81N3O16S. The van der Waals surface area contributed by atoms with Crippen LogP contribution in [0.25, 0.3) is 0 Å². The highest BCUT2D eigenvalue weighted by Crippen LogP contribution is 2.41. The summed E-state index contributed by atoms with van der Waals surface area (Å²) in [5.41, 5.74) is -4.68. The largest absolute Gasteiger partial charge is 0.467 e. The Bertz CT molecular complexity index is 1570. The number of aliphatic hydroxyl groups is 4. The van der Waals surface area contributed by atoms with Gasteiger partial charge < -0.3 is 73.4 Å². The highest BCUT2D eigenvalue weighted by Gasteiger charge is 2.53. The summed E-state index contributed by atoms with van der Waals surface area (Å²) < 4.78 is 49.2. The molecule has 3 heterocycles. The number of esters is 2. The van der Waals surface area contributed by atoms with Crippen LogP contribution in [0.15, 0.2) is 0 Å². The average Bonchev–Trinajstić information content (AvgIpc) is 3.22. The highest BCUT2D eigenvalue weighted by atomic mass is 32.2. The van der Waals surface area contributed by atoms with E-state index in [9.17, 15) is 39.6 Å². The number of carbonyl (C=O) groups is 4. The lowest BCUT2D eigenvalue weighted by atomic mass is 9.77. The van der Waals surface area contributed by atoms with Crippen LogP contribution < -0.4 is 5.32 Å². The minimum absolute atomic E-state index is 0.0594. The predicted molar refractivity (Wildman–Crippen MR) is 241 cm³/mol. The van der Waals surface area contributed by atoms with Crippen LogP contribution in [0.5, 0.6) is 0 Å². The summed E-state index contributed by atoms with van der Waals surface area (Å²) in [6.07, 6.45) is -9.67. The van der Waals surface area contributed by atoms with E-state index in [0.717, 1.165) is 0 Å². The summed E-state index contributed by atoms with van der Waals surface area (Å²) in [7, 11) is 8.10. The smallest absolute Gasteiger partial charge is 0.367 e. The van der Waals surface area contributed by atoms with Crippen molar-refractivity contribution in [2.45, 2.75) is 198 Å². The molecule has 0 aromatic heterocycles. The molecule has 19 atom stereocenters. The Kier molecular flexibility index (Phi) is 21.0. The van der Waals surface area contributed by atoms with Gasteiger partial charge >= 0.3 is 17.2 Å². The number of nitrogens with one attached hydrogen (secondary N) is 1. The molecule has 0 aromatic rings. The van der Waals surface area contributed by atoms with Crippen molar-refractivity contribution >= 4 is 34.9 Å². The summed E-state index contributed by atoms with van der Waals surface area (Å²) in [6, 6.07) is -2.20. The normalized spacial score (nSPS) is 42.2. The van der Waals surface area contributed by atoms with Crippen molar-refractivity contribution < 1.29 is 77.5 Å². The number of thioether (sulfide) groups is 1. The van der Waals surface area contributed by atoms with E-state index in [1.807, 2.05) is 37.7 Å². The van der Waals surface area contributed by atoms with Gasteiger partial charge in [-0.25, -0.2) is 9.59 Å². The molecule has 3 aliphatic rings. The number of rotatable bonds is 12. The molecule has 0 saturated carbocycles. The lowest BCUT2D eigenvalue weighted by Crippen LogP contribution is -2.61. The Labute approximate surface area is 390 Å². The molecule has 378 valence electrons. The predicted octanol–water partition coefficient (Wildman–Crippen LogP) is 2.46. The Morgan fingerprint density at radius 1 is 0.969 bits per heavy atom. The van der Waals surface area contributed by atoms with Crippen molar-refractivity contribution in [1.82, 2.24) is 15.1 Å². The van der Waals surface area contributed by atoms with E-state index in [1.54, 1.807) is 55.5 Å². The zero-order valence-electron chi connectivity index (χ0n) is 41.5. The maximum atomic E-state index is 14.5. The molecule has 3 aliphatic heterocycles. The minimum atomic E-state index is -1.87.